The maximum absolute atomic E-state index is 13.7. The fourth-order valence-corrected chi connectivity index (χ4v) is 6.21. The number of benzene rings is 2. The Hall–Kier alpha value is -4.53. The van der Waals surface area contributed by atoms with Crippen molar-refractivity contribution in [3.05, 3.63) is 107 Å². The standard InChI is InChI=1S/C32H35N6O4P/c1-3-42-43(2,41)27-13-11-24(12-14-27)31-36-21-29(34-16-7-10-23-8-5-4-6-9-23)32(40)38(31)22-30(39)35-20-26-18-25-19-33-17-15-28(25)37-26/h4-6,8-9,11-15,17-19,21,34,37H,3,7,10,16,20,22H2,1-2H3,(H,35,39). The fraction of sp³-hybridized carbons (Fsp3) is 0.250. The smallest absolute Gasteiger partial charge is 0.277 e. The van der Waals surface area contributed by atoms with Gasteiger partial charge in [0.2, 0.25) is 13.3 Å². The Kier molecular flexibility index (Phi) is 9.49. The number of hydrogen-bond acceptors (Lipinski definition) is 7. The minimum Gasteiger partial charge on any atom is -0.379 e. The molecule has 1 unspecified atom stereocenters. The Balaban J connectivity index is 1.35. The van der Waals surface area contributed by atoms with Crippen LogP contribution >= 0.6 is 7.37 Å². The maximum Gasteiger partial charge on any atom is 0.277 e. The number of pyridine rings is 1. The predicted molar refractivity (Wildman–Crippen MR) is 170 cm³/mol. The van der Waals surface area contributed by atoms with E-state index < -0.39 is 7.37 Å². The number of nitrogens with zero attached hydrogens (tertiary/aromatic N) is 3. The molecule has 11 heteroatoms. The van der Waals surface area contributed by atoms with Gasteiger partial charge in [0, 0.05) is 53.1 Å². The number of aromatic amines is 1. The Morgan fingerprint density at radius 2 is 1.86 bits per heavy atom. The molecule has 0 spiro atoms. The predicted octanol–water partition coefficient (Wildman–Crippen LogP) is 4.72. The molecular formula is C32H35N6O4P. The van der Waals surface area contributed by atoms with Crippen molar-refractivity contribution >= 4 is 35.2 Å². The lowest BCUT2D eigenvalue weighted by atomic mass is 10.1. The zero-order valence-corrected chi connectivity index (χ0v) is 25.1. The Morgan fingerprint density at radius 1 is 1.07 bits per heavy atom. The molecule has 1 amide bonds. The number of aromatic nitrogens is 4. The number of anilines is 1. The van der Waals surface area contributed by atoms with E-state index in [4.69, 9.17) is 4.52 Å². The third-order valence-corrected chi connectivity index (χ3v) is 9.06. The first-order chi connectivity index (χ1) is 20.8. The molecule has 5 aromatic rings. The van der Waals surface area contributed by atoms with Gasteiger partial charge in [0.05, 0.1) is 19.3 Å². The zero-order chi connectivity index (χ0) is 30.2. The summed E-state index contributed by atoms with van der Waals surface area (Å²) in [5.74, 6) is -0.00486. The molecule has 3 aromatic heterocycles. The average molecular weight is 599 g/mol. The number of fused-ring (bicyclic) bond motifs is 1. The van der Waals surface area contributed by atoms with E-state index >= 15 is 0 Å². The SMILES string of the molecule is CCOP(C)(=O)c1ccc(-c2ncc(NCCCc3ccccc3)c(=O)n2CC(=O)NCc2cc3cnccc3[nH]2)cc1. The molecule has 222 valence electrons. The first-order valence-corrected chi connectivity index (χ1v) is 16.3. The highest BCUT2D eigenvalue weighted by atomic mass is 31.2. The number of carbonyl (C=O) groups is 1. The van der Waals surface area contributed by atoms with Crippen LogP contribution in [0, 0.1) is 0 Å². The van der Waals surface area contributed by atoms with Crippen LogP contribution in [0.4, 0.5) is 5.69 Å². The summed E-state index contributed by atoms with van der Waals surface area (Å²) in [4.78, 5) is 38.8. The number of hydrogen-bond donors (Lipinski definition) is 3. The third-order valence-electron chi connectivity index (χ3n) is 7.07. The number of rotatable bonds is 13. The van der Waals surface area contributed by atoms with Crippen LogP contribution in [0.25, 0.3) is 22.3 Å². The van der Waals surface area contributed by atoms with E-state index in [0.29, 0.717) is 35.5 Å². The Morgan fingerprint density at radius 3 is 2.60 bits per heavy atom. The molecule has 5 rings (SSSR count). The van der Waals surface area contributed by atoms with Crippen LogP contribution in [0.2, 0.25) is 0 Å². The Labute approximate surface area is 250 Å². The zero-order valence-electron chi connectivity index (χ0n) is 24.2. The van der Waals surface area contributed by atoms with Gasteiger partial charge in [-0.05, 0) is 49.6 Å². The van der Waals surface area contributed by atoms with Crippen LogP contribution in [-0.2, 0) is 33.4 Å². The van der Waals surface area contributed by atoms with E-state index in [0.717, 1.165) is 29.4 Å². The van der Waals surface area contributed by atoms with Crippen LogP contribution in [0.1, 0.15) is 24.6 Å². The highest BCUT2D eigenvalue weighted by Crippen LogP contribution is 2.41. The van der Waals surface area contributed by atoms with Crippen LogP contribution in [0.15, 0.2) is 90.1 Å². The topological polar surface area (TPSA) is 131 Å². The van der Waals surface area contributed by atoms with Crippen molar-refractivity contribution in [2.24, 2.45) is 0 Å². The van der Waals surface area contributed by atoms with Crippen molar-refractivity contribution in [1.82, 2.24) is 24.8 Å². The fourth-order valence-electron chi connectivity index (χ4n) is 4.87. The van der Waals surface area contributed by atoms with Crippen molar-refractivity contribution < 1.29 is 13.9 Å². The molecule has 3 N–H and O–H groups in total. The van der Waals surface area contributed by atoms with Gasteiger partial charge in [-0.3, -0.25) is 23.7 Å². The van der Waals surface area contributed by atoms with E-state index in [-0.39, 0.29) is 24.6 Å². The van der Waals surface area contributed by atoms with Gasteiger partial charge < -0.3 is 20.1 Å². The number of carbonyl (C=O) groups excluding carboxylic acids is 1. The first-order valence-electron chi connectivity index (χ1n) is 14.2. The minimum atomic E-state index is -2.97. The van der Waals surface area contributed by atoms with E-state index in [2.05, 4.69) is 37.7 Å². The van der Waals surface area contributed by atoms with Gasteiger partial charge in [-0.15, -0.1) is 0 Å². The van der Waals surface area contributed by atoms with Crippen LogP contribution < -0.4 is 21.5 Å². The lowest BCUT2D eigenvalue weighted by Gasteiger charge is -2.16. The van der Waals surface area contributed by atoms with Crippen molar-refractivity contribution in [2.45, 2.75) is 32.9 Å². The molecule has 43 heavy (non-hydrogen) atoms. The summed E-state index contributed by atoms with van der Waals surface area (Å²) >= 11 is 0. The molecule has 0 saturated heterocycles. The second kappa shape index (κ2) is 13.6. The molecule has 2 aromatic carbocycles. The third kappa shape index (κ3) is 7.46. The van der Waals surface area contributed by atoms with Gasteiger partial charge in [-0.1, -0.05) is 42.5 Å². The second-order valence-corrected chi connectivity index (χ2v) is 12.7. The molecule has 0 aliphatic carbocycles. The number of aryl methyl sites for hydroxylation is 1. The highest BCUT2D eigenvalue weighted by molar-refractivity contribution is 7.66. The normalized spacial score (nSPS) is 12.6. The molecule has 0 aliphatic rings. The van der Waals surface area contributed by atoms with Gasteiger partial charge in [0.25, 0.3) is 5.56 Å². The lowest BCUT2D eigenvalue weighted by molar-refractivity contribution is -0.121. The van der Waals surface area contributed by atoms with E-state index in [1.165, 1.54) is 16.3 Å². The summed E-state index contributed by atoms with van der Waals surface area (Å²) in [5, 5.41) is 7.61. The summed E-state index contributed by atoms with van der Waals surface area (Å²) in [6.45, 7) is 4.32. The summed E-state index contributed by atoms with van der Waals surface area (Å²) in [7, 11) is -2.97. The maximum atomic E-state index is 13.7. The molecule has 0 saturated carbocycles. The second-order valence-electron chi connectivity index (χ2n) is 10.2. The summed E-state index contributed by atoms with van der Waals surface area (Å²) < 4.78 is 19.7. The van der Waals surface area contributed by atoms with E-state index in [1.54, 1.807) is 50.2 Å². The van der Waals surface area contributed by atoms with Crippen molar-refractivity contribution in [2.75, 3.05) is 25.1 Å². The first kappa shape index (κ1) is 29.9. The quantitative estimate of drug-likeness (QED) is 0.132. The number of H-pyrrole nitrogens is 1. The largest absolute Gasteiger partial charge is 0.379 e. The van der Waals surface area contributed by atoms with Gasteiger partial charge in [-0.25, -0.2) is 4.98 Å². The highest BCUT2D eigenvalue weighted by Gasteiger charge is 2.20. The van der Waals surface area contributed by atoms with Gasteiger partial charge in [0.15, 0.2) is 0 Å². The van der Waals surface area contributed by atoms with Gasteiger partial charge in [0.1, 0.15) is 18.1 Å². The molecular weight excluding hydrogens is 563 g/mol. The molecule has 0 aliphatic heterocycles. The van der Waals surface area contributed by atoms with E-state index in [9.17, 15) is 14.2 Å². The number of amides is 1. The van der Waals surface area contributed by atoms with Crippen LogP contribution in [-0.4, -0.2) is 45.2 Å². The number of nitrogens with one attached hydrogen (secondary N) is 3. The van der Waals surface area contributed by atoms with Crippen molar-refractivity contribution in [3.8, 4) is 11.4 Å². The van der Waals surface area contributed by atoms with Crippen molar-refractivity contribution in [3.63, 3.8) is 0 Å². The van der Waals surface area contributed by atoms with Crippen molar-refractivity contribution in [1.29, 1.82) is 0 Å². The molecule has 10 nitrogen and oxygen atoms in total. The Bertz CT molecular complexity index is 1770. The molecule has 0 bridgehead atoms. The molecule has 3 heterocycles. The summed E-state index contributed by atoms with van der Waals surface area (Å²) in [6, 6.07) is 20.9. The van der Waals surface area contributed by atoms with Crippen LogP contribution in [0.3, 0.4) is 0 Å². The van der Waals surface area contributed by atoms with Gasteiger partial charge >= 0.3 is 0 Å². The summed E-state index contributed by atoms with van der Waals surface area (Å²) in [6.07, 6.45) is 6.66. The van der Waals surface area contributed by atoms with E-state index in [1.807, 2.05) is 30.3 Å². The molecule has 0 radical (unpaired) electrons. The molecule has 1 atom stereocenters. The lowest BCUT2D eigenvalue weighted by Crippen LogP contribution is -2.34. The minimum absolute atomic E-state index is 0.227. The average Bonchev–Trinajstić information content (AvgIpc) is 3.44. The monoisotopic (exact) mass is 598 g/mol. The summed E-state index contributed by atoms with van der Waals surface area (Å²) in [5.41, 5.74) is 3.56. The van der Waals surface area contributed by atoms with Gasteiger partial charge in [-0.2, -0.15) is 0 Å². The van der Waals surface area contributed by atoms with Crippen LogP contribution in [0.5, 0.6) is 0 Å². The molecule has 0 fully saturated rings.